The third kappa shape index (κ3) is 5.51. The molecule has 2 bridgehead atoms. The molecule has 2 fully saturated rings. The molecule has 1 saturated heterocycles. The molecule has 0 radical (unpaired) electrons. The predicted octanol–water partition coefficient (Wildman–Crippen LogP) is 5.07. The summed E-state index contributed by atoms with van der Waals surface area (Å²) in [6, 6.07) is 24.9. The maximum absolute atomic E-state index is 13.9. The molecule has 2 amide bonds. The third-order valence-electron chi connectivity index (χ3n) is 9.14. The van der Waals surface area contributed by atoms with Gasteiger partial charge in [-0.25, -0.2) is 4.79 Å². The van der Waals surface area contributed by atoms with Crippen LogP contribution >= 0.6 is 0 Å². The monoisotopic (exact) mass is 568 g/mol. The number of amides is 2. The van der Waals surface area contributed by atoms with E-state index in [4.69, 9.17) is 9.47 Å². The van der Waals surface area contributed by atoms with Gasteiger partial charge >= 0.3 is 12.1 Å². The number of nitrogens with one attached hydrogen (secondary N) is 1. The summed E-state index contributed by atoms with van der Waals surface area (Å²) in [4.78, 5) is 40.7. The van der Waals surface area contributed by atoms with Crippen LogP contribution in [0.5, 0.6) is 0 Å². The van der Waals surface area contributed by atoms with Gasteiger partial charge in [0.05, 0.1) is 18.6 Å². The van der Waals surface area contributed by atoms with Gasteiger partial charge in [-0.15, -0.1) is 0 Å². The molecule has 3 aliphatic rings. The Hall–Kier alpha value is -4.17. The number of ether oxygens (including phenoxy) is 2. The van der Waals surface area contributed by atoms with E-state index < -0.39 is 30.1 Å². The number of benzene rings is 3. The zero-order valence-electron chi connectivity index (χ0n) is 23.6. The summed E-state index contributed by atoms with van der Waals surface area (Å²) < 4.78 is 11.9. The molecule has 1 aliphatic heterocycles. The van der Waals surface area contributed by atoms with Crippen molar-refractivity contribution in [2.75, 3.05) is 19.7 Å². The zero-order chi connectivity index (χ0) is 29.2. The standard InChI is InChI=1S/C34H36N2O6/c1-21(41-19-22-9-3-2-4-10-22)31(32(37)36-17-23-15-16-24(18-36)30(23)33(38)39)35-34(40)42-20-29-27-13-7-5-11-25(27)26-12-6-8-14-28(26)29/h2-14,21,23-24,29-31H,15-20H2,1H3,(H,35,40)(H,38,39)/t21-,23?,24?,30?,31+/m0/s1. The molecule has 42 heavy (non-hydrogen) atoms. The predicted molar refractivity (Wildman–Crippen MR) is 157 cm³/mol. The number of piperidine rings is 1. The molecule has 218 valence electrons. The topological polar surface area (TPSA) is 105 Å². The second-order valence-electron chi connectivity index (χ2n) is 11.7. The number of nitrogens with zero attached hydrogens (tertiary/aromatic N) is 1. The molecular formula is C34H36N2O6. The van der Waals surface area contributed by atoms with Crippen molar-refractivity contribution in [2.45, 2.75) is 44.4 Å². The molecule has 1 heterocycles. The Morgan fingerprint density at radius 3 is 2.05 bits per heavy atom. The van der Waals surface area contributed by atoms with Crippen molar-refractivity contribution in [1.82, 2.24) is 10.2 Å². The van der Waals surface area contributed by atoms with Gasteiger partial charge in [0.15, 0.2) is 0 Å². The summed E-state index contributed by atoms with van der Waals surface area (Å²) in [5, 5.41) is 12.5. The lowest BCUT2D eigenvalue weighted by molar-refractivity contribution is -0.151. The molecule has 1 saturated carbocycles. The fourth-order valence-corrected chi connectivity index (χ4v) is 7.05. The smallest absolute Gasteiger partial charge is 0.407 e. The van der Waals surface area contributed by atoms with Crippen LogP contribution in [0.1, 0.15) is 42.4 Å². The van der Waals surface area contributed by atoms with Gasteiger partial charge < -0.3 is 24.8 Å². The van der Waals surface area contributed by atoms with Gasteiger partial charge in [-0.3, -0.25) is 9.59 Å². The number of carboxylic acid groups (broad SMARTS) is 1. The highest BCUT2D eigenvalue weighted by Crippen LogP contribution is 2.45. The molecule has 6 rings (SSSR count). The molecule has 8 heteroatoms. The minimum atomic E-state index is -0.981. The maximum Gasteiger partial charge on any atom is 0.407 e. The fraction of sp³-hybridized carbons (Fsp3) is 0.382. The van der Waals surface area contributed by atoms with Crippen LogP contribution in [0.15, 0.2) is 78.9 Å². The van der Waals surface area contributed by atoms with E-state index in [-0.39, 0.29) is 36.9 Å². The lowest BCUT2D eigenvalue weighted by Crippen LogP contribution is -2.58. The first-order valence-electron chi connectivity index (χ1n) is 14.7. The first-order valence-corrected chi connectivity index (χ1v) is 14.7. The van der Waals surface area contributed by atoms with Gasteiger partial charge in [0.1, 0.15) is 12.6 Å². The Morgan fingerprint density at radius 2 is 1.45 bits per heavy atom. The lowest BCUT2D eigenvalue weighted by atomic mass is 9.85. The molecule has 3 aromatic rings. The Labute approximate surface area is 245 Å². The van der Waals surface area contributed by atoms with Gasteiger partial charge in [0.25, 0.3) is 0 Å². The van der Waals surface area contributed by atoms with E-state index in [2.05, 4.69) is 29.6 Å². The Morgan fingerprint density at radius 1 is 0.881 bits per heavy atom. The number of hydrogen-bond donors (Lipinski definition) is 2. The molecule has 0 aromatic heterocycles. The minimum Gasteiger partial charge on any atom is -0.481 e. The lowest BCUT2D eigenvalue weighted by Gasteiger charge is -2.38. The zero-order valence-corrected chi connectivity index (χ0v) is 23.6. The van der Waals surface area contributed by atoms with Crippen LogP contribution < -0.4 is 5.32 Å². The van der Waals surface area contributed by atoms with E-state index in [0.717, 1.165) is 40.7 Å². The highest BCUT2D eigenvalue weighted by atomic mass is 16.5. The number of carbonyl (C=O) groups excluding carboxylic acids is 2. The van der Waals surface area contributed by atoms with Crippen molar-refractivity contribution in [3.8, 4) is 11.1 Å². The number of aliphatic carboxylic acids is 1. The van der Waals surface area contributed by atoms with Crippen LogP contribution in [-0.4, -0.2) is 59.8 Å². The van der Waals surface area contributed by atoms with Crippen LogP contribution in [0.4, 0.5) is 4.79 Å². The van der Waals surface area contributed by atoms with Crippen LogP contribution in [-0.2, 0) is 25.7 Å². The molecule has 0 spiro atoms. The quantitative estimate of drug-likeness (QED) is 0.374. The van der Waals surface area contributed by atoms with Crippen LogP contribution in [0, 0.1) is 17.8 Å². The van der Waals surface area contributed by atoms with Gasteiger partial charge in [0.2, 0.25) is 5.91 Å². The molecule has 2 unspecified atom stereocenters. The maximum atomic E-state index is 13.9. The van der Waals surface area contributed by atoms with Gasteiger partial charge in [-0.05, 0) is 59.4 Å². The van der Waals surface area contributed by atoms with Crippen LogP contribution in [0.2, 0.25) is 0 Å². The molecule has 2 aliphatic carbocycles. The van der Waals surface area contributed by atoms with Gasteiger partial charge in [-0.2, -0.15) is 0 Å². The van der Waals surface area contributed by atoms with E-state index in [1.165, 1.54) is 0 Å². The molecule has 2 N–H and O–H groups in total. The number of alkyl carbamates (subject to hydrolysis) is 1. The Kier molecular flexibility index (Phi) is 7.98. The highest BCUT2D eigenvalue weighted by molar-refractivity contribution is 5.87. The van der Waals surface area contributed by atoms with Gasteiger partial charge in [-0.1, -0.05) is 78.9 Å². The average Bonchev–Trinajstić information content (AvgIpc) is 3.48. The van der Waals surface area contributed by atoms with Crippen molar-refractivity contribution in [3.05, 3.63) is 95.6 Å². The number of carbonyl (C=O) groups is 3. The van der Waals surface area contributed by atoms with Gasteiger partial charge in [0, 0.05) is 19.0 Å². The van der Waals surface area contributed by atoms with Crippen LogP contribution in [0.25, 0.3) is 11.1 Å². The summed E-state index contributed by atoms with van der Waals surface area (Å²) in [7, 11) is 0. The largest absolute Gasteiger partial charge is 0.481 e. The van der Waals surface area contributed by atoms with E-state index in [0.29, 0.717) is 13.1 Å². The summed E-state index contributed by atoms with van der Waals surface area (Å²) in [6.07, 6.45) is 0.244. The number of hydrogen-bond acceptors (Lipinski definition) is 5. The molecular weight excluding hydrogens is 532 g/mol. The number of rotatable bonds is 9. The first-order chi connectivity index (χ1) is 20.4. The van der Waals surface area contributed by atoms with E-state index >= 15 is 0 Å². The van der Waals surface area contributed by atoms with Crippen molar-refractivity contribution < 1.29 is 29.0 Å². The first kappa shape index (κ1) is 28.0. The summed E-state index contributed by atoms with van der Waals surface area (Å²) in [5.74, 6) is -1.75. The van der Waals surface area contributed by atoms with Crippen molar-refractivity contribution >= 4 is 18.0 Å². The van der Waals surface area contributed by atoms with Crippen molar-refractivity contribution in [1.29, 1.82) is 0 Å². The average molecular weight is 569 g/mol. The van der Waals surface area contributed by atoms with E-state index in [1.54, 1.807) is 11.8 Å². The summed E-state index contributed by atoms with van der Waals surface area (Å²) in [6.45, 7) is 2.91. The van der Waals surface area contributed by atoms with E-state index in [9.17, 15) is 19.5 Å². The third-order valence-corrected chi connectivity index (χ3v) is 9.14. The second-order valence-corrected chi connectivity index (χ2v) is 11.7. The summed E-state index contributed by atoms with van der Waals surface area (Å²) in [5.41, 5.74) is 5.44. The van der Waals surface area contributed by atoms with Crippen molar-refractivity contribution in [3.63, 3.8) is 0 Å². The summed E-state index contributed by atoms with van der Waals surface area (Å²) >= 11 is 0. The SMILES string of the molecule is C[C@H](OCc1ccccc1)[C@@H](NC(=O)OCC1c2ccccc2-c2ccccc21)C(=O)N1CC2CCC(C1)C2C(=O)O. The highest BCUT2D eigenvalue weighted by Gasteiger charge is 2.48. The van der Waals surface area contributed by atoms with E-state index in [1.807, 2.05) is 54.6 Å². The fourth-order valence-electron chi connectivity index (χ4n) is 7.05. The molecule has 4 atom stereocenters. The van der Waals surface area contributed by atoms with Crippen molar-refractivity contribution in [2.24, 2.45) is 17.8 Å². The molecule has 8 nitrogen and oxygen atoms in total. The number of fused-ring (bicyclic) bond motifs is 5. The number of likely N-dealkylation sites (tertiary alicyclic amines) is 1. The second kappa shape index (κ2) is 12.0. The normalized spacial score (nSPS) is 22.1. The van der Waals surface area contributed by atoms with Crippen LogP contribution in [0.3, 0.4) is 0 Å². The Balaban J connectivity index is 1.16. The number of carboxylic acids is 1. The Bertz CT molecular complexity index is 1400. The molecule has 3 aromatic carbocycles. The minimum absolute atomic E-state index is 0.0825.